The average Bonchev–Trinajstić information content (AvgIpc) is 3.00. The van der Waals surface area contributed by atoms with Crippen molar-refractivity contribution < 1.29 is 4.79 Å². The second kappa shape index (κ2) is 5.18. The summed E-state index contributed by atoms with van der Waals surface area (Å²) in [6.07, 6.45) is 9.15. The fourth-order valence-electron chi connectivity index (χ4n) is 4.10. The molecule has 2 unspecified atom stereocenters. The predicted octanol–water partition coefficient (Wildman–Crippen LogP) is 2.45. The molecule has 23 heavy (non-hydrogen) atoms. The van der Waals surface area contributed by atoms with Crippen molar-refractivity contribution in [1.29, 1.82) is 0 Å². The average molecular weight is 310 g/mol. The Hall–Kier alpha value is -2.17. The van der Waals surface area contributed by atoms with Crippen molar-refractivity contribution in [3.63, 3.8) is 0 Å². The Kier molecular flexibility index (Phi) is 3.25. The molecule has 1 saturated heterocycles. The molecule has 0 radical (unpaired) electrons. The van der Waals surface area contributed by atoms with Crippen LogP contribution in [0, 0.1) is 11.3 Å². The van der Waals surface area contributed by atoms with Crippen LogP contribution in [0.4, 0.5) is 0 Å². The van der Waals surface area contributed by atoms with E-state index in [4.69, 9.17) is 0 Å². The van der Waals surface area contributed by atoms with Crippen molar-refractivity contribution in [2.75, 3.05) is 6.54 Å². The molecule has 2 aliphatic heterocycles. The Morgan fingerprint density at radius 1 is 1.35 bits per heavy atom. The summed E-state index contributed by atoms with van der Waals surface area (Å²) in [7, 11) is 0. The van der Waals surface area contributed by atoms with Crippen molar-refractivity contribution in [2.24, 2.45) is 11.3 Å². The van der Waals surface area contributed by atoms with E-state index in [0.29, 0.717) is 0 Å². The van der Waals surface area contributed by atoms with E-state index in [1.165, 1.54) is 0 Å². The molecular weight excluding hydrogens is 288 g/mol. The van der Waals surface area contributed by atoms with Gasteiger partial charge in [0.2, 0.25) is 5.91 Å². The number of aryl methyl sites for hydroxylation is 1. The first-order valence-corrected chi connectivity index (χ1v) is 8.27. The van der Waals surface area contributed by atoms with Crippen LogP contribution in [0.1, 0.15) is 37.7 Å². The standard InChI is InChI=1S/C18H22N4O/c1-18(2)12-22(16(18)14-4-3-6-19-11-14)17(23)13-5-8-21-9-7-20-15(21)10-13/h3-4,6-7,9,11,13,16H,5,8,10,12H2,1-2H3. The van der Waals surface area contributed by atoms with Crippen LogP contribution in [0.15, 0.2) is 36.9 Å². The van der Waals surface area contributed by atoms with Crippen LogP contribution in [-0.2, 0) is 17.8 Å². The van der Waals surface area contributed by atoms with Crippen molar-refractivity contribution >= 4 is 5.91 Å². The monoisotopic (exact) mass is 310 g/mol. The van der Waals surface area contributed by atoms with E-state index < -0.39 is 0 Å². The number of likely N-dealkylation sites (tertiary alicyclic amines) is 1. The molecule has 4 rings (SSSR count). The van der Waals surface area contributed by atoms with Gasteiger partial charge in [0, 0.05) is 55.6 Å². The zero-order valence-corrected chi connectivity index (χ0v) is 13.6. The van der Waals surface area contributed by atoms with Gasteiger partial charge in [0.05, 0.1) is 6.04 Å². The summed E-state index contributed by atoms with van der Waals surface area (Å²) in [6.45, 7) is 6.15. The molecule has 0 aromatic carbocycles. The fraction of sp³-hybridized carbons (Fsp3) is 0.500. The summed E-state index contributed by atoms with van der Waals surface area (Å²) >= 11 is 0. The molecule has 0 saturated carbocycles. The quantitative estimate of drug-likeness (QED) is 0.856. The third kappa shape index (κ3) is 2.35. The second-order valence-electron chi connectivity index (χ2n) is 7.37. The molecule has 0 aliphatic carbocycles. The van der Waals surface area contributed by atoms with Gasteiger partial charge < -0.3 is 9.47 Å². The van der Waals surface area contributed by atoms with Gasteiger partial charge in [-0.1, -0.05) is 19.9 Å². The Morgan fingerprint density at radius 2 is 2.22 bits per heavy atom. The predicted molar refractivity (Wildman–Crippen MR) is 86.5 cm³/mol. The minimum absolute atomic E-state index is 0.0557. The molecule has 1 fully saturated rings. The van der Waals surface area contributed by atoms with Gasteiger partial charge >= 0.3 is 0 Å². The highest BCUT2D eigenvalue weighted by atomic mass is 16.2. The van der Waals surface area contributed by atoms with Crippen LogP contribution in [-0.4, -0.2) is 31.9 Å². The zero-order chi connectivity index (χ0) is 16.0. The molecule has 0 bridgehead atoms. The number of rotatable bonds is 2. The molecule has 2 atom stereocenters. The number of pyridine rings is 1. The number of imidazole rings is 1. The summed E-state index contributed by atoms with van der Waals surface area (Å²) in [4.78, 5) is 23.7. The third-order valence-corrected chi connectivity index (χ3v) is 5.21. The Balaban J connectivity index is 1.55. The van der Waals surface area contributed by atoms with E-state index in [1.54, 1.807) is 6.20 Å². The van der Waals surface area contributed by atoms with Crippen LogP contribution >= 0.6 is 0 Å². The number of carbonyl (C=O) groups excluding carboxylic acids is 1. The lowest BCUT2D eigenvalue weighted by molar-refractivity contribution is -0.157. The number of fused-ring (bicyclic) bond motifs is 1. The number of hydrogen-bond acceptors (Lipinski definition) is 3. The van der Waals surface area contributed by atoms with Gasteiger partial charge in [0.15, 0.2) is 0 Å². The Bertz CT molecular complexity index is 722. The van der Waals surface area contributed by atoms with Crippen LogP contribution < -0.4 is 0 Å². The highest BCUT2D eigenvalue weighted by Crippen LogP contribution is 2.49. The summed E-state index contributed by atoms with van der Waals surface area (Å²) in [6, 6.07) is 4.15. The van der Waals surface area contributed by atoms with Crippen LogP contribution in [0.5, 0.6) is 0 Å². The molecule has 120 valence electrons. The lowest BCUT2D eigenvalue weighted by atomic mass is 9.71. The van der Waals surface area contributed by atoms with Gasteiger partial charge in [0.25, 0.3) is 0 Å². The van der Waals surface area contributed by atoms with Gasteiger partial charge in [-0.2, -0.15) is 0 Å². The molecule has 0 N–H and O–H groups in total. The highest BCUT2D eigenvalue weighted by molar-refractivity contribution is 5.81. The van der Waals surface area contributed by atoms with Gasteiger partial charge in [0.1, 0.15) is 5.82 Å². The molecule has 4 heterocycles. The van der Waals surface area contributed by atoms with Crippen LogP contribution in [0.3, 0.4) is 0 Å². The van der Waals surface area contributed by atoms with Gasteiger partial charge in [-0.25, -0.2) is 4.98 Å². The number of amides is 1. The lowest BCUT2D eigenvalue weighted by Gasteiger charge is -2.55. The summed E-state index contributed by atoms with van der Waals surface area (Å²) in [5.74, 6) is 1.36. The van der Waals surface area contributed by atoms with E-state index >= 15 is 0 Å². The molecule has 5 heteroatoms. The molecular formula is C18H22N4O. The Labute approximate surface area is 136 Å². The SMILES string of the molecule is CC1(C)CN(C(=O)C2CCn3ccnc3C2)C1c1cccnc1. The zero-order valence-electron chi connectivity index (χ0n) is 13.6. The van der Waals surface area contributed by atoms with Gasteiger partial charge in [-0.15, -0.1) is 0 Å². The molecule has 2 aromatic heterocycles. The van der Waals surface area contributed by atoms with E-state index in [-0.39, 0.29) is 23.3 Å². The maximum Gasteiger partial charge on any atom is 0.226 e. The number of aromatic nitrogens is 3. The highest BCUT2D eigenvalue weighted by Gasteiger charge is 2.50. The second-order valence-corrected chi connectivity index (χ2v) is 7.37. The molecule has 2 aromatic rings. The topological polar surface area (TPSA) is 51.0 Å². The van der Waals surface area contributed by atoms with Crippen molar-refractivity contribution in [3.05, 3.63) is 48.3 Å². The van der Waals surface area contributed by atoms with Crippen LogP contribution in [0.25, 0.3) is 0 Å². The Morgan fingerprint density at radius 3 is 2.96 bits per heavy atom. The van der Waals surface area contributed by atoms with E-state index in [9.17, 15) is 4.79 Å². The first-order valence-electron chi connectivity index (χ1n) is 8.27. The molecule has 2 aliphatic rings. The first-order chi connectivity index (χ1) is 11.1. The first kappa shape index (κ1) is 14.4. The maximum atomic E-state index is 13.1. The molecule has 0 spiro atoms. The maximum absolute atomic E-state index is 13.1. The summed E-state index contributed by atoms with van der Waals surface area (Å²) < 4.78 is 2.16. The molecule has 1 amide bonds. The minimum atomic E-state index is 0.0557. The van der Waals surface area contributed by atoms with Gasteiger partial charge in [-0.3, -0.25) is 9.78 Å². The van der Waals surface area contributed by atoms with Crippen LogP contribution in [0.2, 0.25) is 0 Å². The number of carbonyl (C=O) groups is 1. The van der Waals surface area contributed by atoms with Crippen molar-refractivity contribution in [2.45, 2.75) is 39.3 Å². The fourth-order valence-corrected chi connectivity index (χ4v) is 4.10. The number of hydrogen-bond donors (Lipinski definition) is 0. The minimum Gasteiger partial charge on any atom is -0.335 e. The third-order valence-electron chi connectivity index (χ3n) is 5.21. The smallest absolute Gasteiger partial charge is 0.226 e. The molecule has 5 nitrogen and oxygen atoms in total. The van der Waals surface area contributed by atoms with Crippen molar-refractivity contribution in [1.82, 2.24) is 19.4 Å². The largest absolute Gasteiger partial charge is 0.335 e. The summed E-state index contributed by atoms with van der Waals surface area (Å²) in [5.41, 5.74) is 1.24. The van der Waals surface area contributed by atoms with E-state index in [2.05, 4.69) is 34.4 Å². The lowest BCUT2D eigenvalue weighted by Crippen LogP contribution is -2.59. The van der Waals surface area contributed by atoms with E-state index in [0.717, 1.165) is 37.3 Å². The van der Waals surface area contributed by atoms with Crippen molar-refractivity contribution in [3.8, 4) is 0 Å². The summed E-state index contributed by atoms with van der Waals surface area (Å²) in [5, 5.41) is 0. The number of nitrogens with zero attached hydrogens (tertiary/aromatic N) is 4. The van der Waals surface area contributed by atoms with E-state index in [1.807, 2.05) is 29.6 Å². The van der Waals surface area contributed by atoms with Gasteiger partial charge in [-0.05, 0) is 18.1 Å². The normalized spacial score (nSPS) is 25.6.